The van der Waals surface area contributed by atoms with E-state index in [1.165, 1.54) is 15.3 Å². The molecule has 0 saturated heterocycles. The number of benzene rings is 1. The lowest BCUT2D eigenvalue weighted by molar-refractivity contribution is 0.158. The molecule has 1 aliphatic rings. The number of thiophene rings is 2. The quantitative estimate of drug-likeness (QED) is 0.413. The minimum Gasteiger partial charge on any atom is -0.303 e. The number of nitrogens with zero attached hydrogens (tertiary/aromatic N) is 4. The molecule has 0 radical (unpaired) electrons. The molecule has 0 unspecified atom stereocenters. The van der Waals surface area contributed by atoms with Gasteiger partial charge in [0.1, 0.15) is 0 Å². The van der Waals surface area contributed by atoms with Gasteiger partial charge in [0.05, 0.1) is 12.7 Å². The standard InChI is InChI=1S/C21H20N4S3/c1-23-20(15-6-3-2-4-7-15)22-25(21(23)26)14-24-11-9-17-16(10-13-28-17)19(24)18-8-5-12-27-18/h2-8,10,12-13,19H,9,11,14H2,1H3/t19-/m1/s1. The molecule has 0 N–H and O–H groups in total. The number of rotatable bonds is 4. The van der Waals surface area contributed by atoms with Crippen LogP contribution < -0.4 is 0 Å². The van der Waals surface area contributed by atoms with Crippen LogP contribution in [0.15, 0.2) is 59.3 Å². The normalized spacial score (nSPS) is 17.0. The lowest BCUT2D eigenvalue weighted by atomic mass is 9.99. The van der Waals surface area contributed by atoms with Crippen LogP contribution >= 0.6 is 34.9 Å². The second-order valence-electron chi connectivity index (χ2n) is 6.95. The predicted molar refractivity (Wildman–Crippen MR) is 118 cm³/mol. The Kier molecular flexibility index (Phi) is 4.76. The Morgan fingerprint density at radius 2 is 1.93 bits per heavy atom. The minimum atomic E-state index is 0.277. The third-order valence-electron chi connectivity index (χ3n) is 5.27. The lowest BCUT2D eigenvalue weighted by Crippen LogP contribution is -2.36. The summed E-state index contributed by atoms with van der Waals surface area (Å²) in [6, 6.07) is 17.2. The van der Waals surface area contributed by atoms with Gasteiger partial charge in [-0.15, -0.1) is 22.7 Å². The van der Waals surface area contributed by atoms with Gasteiger partial charge < -0.3 is 4.57 Å². The van der Waals surface area contributed by atoms with Crippen molar-refractivity contribution in [1.82, 2.24) is 19.2 Å². The summed E-state index contributed by atoms with van der Waals surface area (Å²) < 4.78 is 4.72. The Morgan fingerprint density at radius 3 is 2.71 bits per heavy atom. The zero-order valence-electron chi connectivity index (χ0n) is 15.5. The molecule has 3 aromatic heterocycles. The first-order valence-electron chi connectivity index (χ1n) is 9.25. The van der Waals surface area contributed by atoms with Crippen molar-refractivity contribution < 1.29 is 0 Å². The summed E-state index contributed by atoms with van der Waals surface area (Å²) in [5.74, 6) is 0.909. The van der Waals surface area contributed by atoms with E-state index >= 15 is 0 Å². The Bertz CT molecular complexity index is 1140. The van der Waals surface area contributed by atoms with E-state index in [2.05, 4.69) is 46.0 Å². The maximum Gasteiger partial charge on any atom is 0.199 e. The van der Waals surface area contributed by atoms with Crippen LogP contribution in [-0.4, -0.2) is 25.8 Å². The Morgan fingerprint density at radius 1 is 1.07 bits per heavy atom. The van der Waals surface area contributed by atoms with Crippen molar-refractivity contribution in [3.8, 4) is 11.4 Å². The van der Waals surface area contributed by atoms with E-state index in [1.807, 2.05) is 57.2 Å². The minimum absolute atomic E-state index is 0.277. The van der Waals surface area contributed by atoms with E-state index in [0.29, 0.717) is 6.67 Å². The molecule has 4 aromatic rings. The molecule has 7 heteroatoms. The van der Waals surface area contributed by atoms with E-state index in [-0.39, 0.29) is 6.04 Å². The summed E-state index contributed by atoms with van der Waals surface area (Å²) in [5.41, 5.74) is 2.52. The molecular formula is C21H20N4S3. The highest BCUT2D eigenvalue weighted by atomic mass is 32.1. The highest BCUT2D eigenvalue weighted by molar-refractivity contribution is 7.71. The average molecular weight is 425 g/mol. The van der Waals surface area contributed by atoms with E-state index < -0.39 is 0 Å². The first-order valence-corrected chi connectivity index (χ1v) is 11.4. The SMILES string of the molecule is Cn1c(-c2ccccc2)nn(CN2CCc3sccc3[C@@H]2c2cccs2)c1=S. The average Bonchev–Trinajstić information content (AvgIpc) is 3.46. The molecule has 1 aromatic carbocycles. The number of aromatic nitrogens is 3. The molecule has 4 heterocycles. The van der Waals surface area contributed by atoms with Crippen LogP contribution in [-0.2, 0) is 20.1 Å². The maximum absolute atomic E-state index is 5.72. The summed E-state index contributed by atoms with van der Waals surface area (Å²) >= 11 is 9.42. The van der Waals surface area contributed by atoms with Crippen molar-refractivity contribution in [1.29, 1.82) is 0 Å². The molecule has 0 aliphatic carbocycles. The molecule has 5 rings (SSSR count). The zero-order valence-corrected chi connectivity index (χ0v) is 17.9. The van der Waals surface area contributed by atoms with Gasteiger partial charge in [-0.25, -0.2) is 4.68 Å². The lowest BCUT2D eigenvalue weighted by Gasteiger charge is -2.35. The summed E-state index contributed by atoms with van der Waals surface area (Å²) in [5, 5.41) is 9.25. The molecule has 0 fully saturated rings. The van der Waals surface area contributed by atoms with Gasteiger partial charge in [-0.2, -0.15) is 5.10 Å². The van der Waals surface area contributed by atoms with Crippen LogP contribution in [0.5, 0.6) is 0 Å². The third kappa shape index (κ3) is 3.08. The Hall–Kier alpha value is -2.06. The molecule has 142 valence electrons. The van der Waals surface area contributed by atoms with Crippen LogP contribution in [0.1, 0.15) is 21.4 Å². The highest BCUT2D eigenvalue weighted by Gasteiger charge is 2.31. The first-order chi connectivity index (χ1) is 13.7. The number of fused-ring (bicyclic) bond motifs is 1. The number of hydrogen-bond donors (Lipinski definition) is 0. The maximum atomic E-state index is 5.72. The van der Waals surface area contributed by atoms with E-state index in [0.717, 1.165) is 29.1 Å². The smallest absolute Gasteiger partial charge is 0.199 e. The highest BCUT2D eigenvalue weighted by Crippen LogP contribution is 2.39. The van der Waals surface area contributed by atoms with E-state index in [1.54, 1.807) is 0 Å². The van der Waals surface area contributed by atoms with Crippen molar-refractivity contribution in [3.05, 3.63) is 79.4 Å². The zero-order chi connectivity index (χ0) is 19.1. The van der Waals surface area contributed by atoms with E-state index in [4.69, 9.17) is 17.3 Å². The van der Waals surface area contributed by atoms with Crippen molar-refractivity contribution in [2.45, 2.75) is 19.1 Å². The largest absolute Gasteiger partial charge is 0.303 e. The van der Waals surface area contributed by atoms with E-state index in [9.17, 15) is 0 Å². The van der Waals surface area contributed by atoms with Gasteiger partial charge in [0, 0.05) is 28.9 Å². The van der Waals surface area contributed by atoms with Crippen molar-refractivity contribution >= 4 is 34.9 Å². The van der Waals surface area contributed by atoms with Crippen molar-refractivity contribution in [3.63, 3.8) is 0 Å². The summed E-state index contributed by atoms with van der Waals surface area (Å²) in [7, 11) is 2.00. The van der Waals surface area contributed by atoms with Gasteiger partial charge in [-0.1, -0.05) is 36.4 Å². The van der Waals surface area contributed by atoms with Gasteiger partial charge in [0.25, 0.3) is 0 Å². The van der Waals surface area contributed by atoms with Crippen LogP contribution in [0.2, 0.25) is 0 Å². The van der Waals surface area contributed by atoms with Gasteiger partial charge in [0.2, 0.25) is 0 Å². The monoisotopic (exact) mass is 424 g/mol. The molecule has 0 saturated carbocycles. The molecule has 0 bridgehead atoms. The van der Waals surface area contributed by atoms with Crippen LogP contribution in [0.3, 0.4) is 0 Å². The molecule has 0 spiro atoms. The van der Waals surface area contributed by atoms with Gasteiger partial charge in [-0.05, 0) is 47.1 Å². The first kappa shape index (κ1) is 18.0. The molecule has 28 heavy (non-hydrogen) atoms. The third-order valence-corrected chi connectivity index (χ3v) is 7.67. The fraction of sp³-hybridized carbons (Fsp3) is 0.238. The number of hydrogen-bond acceptors (Lipinski definition) is 5. The summed E-state index contributed by atoms with van der Waals surface area (Å²) in [4.78, 5) is 5.38. The summed E-state index contributed by atoms with van der Waals surface area (Å²) in [6.45, 7) is 1.70. The van der Waals surface area contributed by atoms with Crippen LogP contribution in [0.4, 0.5) is 0 Å². The summed E-state index contributed by atoms with van der Waals surface area (Å²) in [6.07, 6.45) is 1.08. The molecule has 4 nitrogen and oxygen atoms in total. The van der Waals surface area contributed by atoms with Crippen LogP contribution in [0, 0.1) is 4.77 Å². The topological polar surface area (TPSA) is 26.0 Å². The molecule has 0 amide bonds. The second-order valence-corrected chi connectivity index (χ2v) is 9.30. The van der Waals surface area contributed by atoms with Crippen molar-refractivity contribution in [2.75, 3.05) is 6.54 Å². The van der Waals surface area contributed by atoms with Gasteiger partial charge in [-0.3, -0.25) is 4.90 Å². The second kappa shape index (κ2) is 7.40. The Balaban J connectivity index is 1.52. The van der Waals surface area contributed by atoms with Crippen molar-refractivity contribution in [2.24, 2.45) is 7.05 Å². The van der Waals surface area contributed by atoms with Gasteiger partial charge in [0.15, 0.2) is 10.6 Å². The van der Waals surface area contributed by atoms with Crippen LogP contribution in [0.25, 0.3) is 11.4 Å². The molecule has 1 atom stereocenters. The molecule has 1 aliphatic heterocycles. The Labute approximate surface area is 177 Å². The fourth-order valence-electron chi connectivity index (χ4n) is 3.89. The predicted octanol–water partition coefficient (Wildman–Crippen LogP) is 5.35. The van der Waals surface area contributed by atoms with Gasteiger partial charge >= 0.3 is 0 Å². The fourth-order valence-corrected chi connectivity index (χ4v) is 5.86. The molecular weight excluding hydrogens is 404 g/mol.